The van der Waals surface area contributed by atoms with Gasteiger partial charge in [-0.05, 0) is 25.5 Å². The molecule has 0 saturated carbocycles. The minimum absolute atomic E-state index is 0.103. The van der Waals surface area contributed by atoms with Gasteiger partial charge in [0.05, 0.1) is 0 Å². The molecule has 1 aromatic rings. The van der Waals surface area contributed by atoms with Crippen LogP contribution in [-0.4, -0.2) is 18.5 Å². The molecule has 0 unspecified atom stereocenters. The summed E-state index contributed by atoms with van der Waals surface area (Å²) in [5.41, 5.74) is 3.81. The highest BCUT2D eigenvalue weighted by Crippen LogP contribution is 2.13. The fraction of sp³-hybridized carbons (Fsp3) is 0.385. The van der Waals surface area contributed by atoms with E-state index in [1.165, 1.54) is 0 Å². The van der Waals surface area contributed by atoms with Crippen molar-refractivity contribution in [3.63, 3.8) is 0 Å². The Bertz CT molecular complexity index is 405. The lowest BCUT2D eigenvalue weighted by molar-refractivity contribution is -0.112. The van der Waals surface area contributed by atoms with Crippen molar-refractivity contribution >= 4 is 11.5 Å². The fourth-order valence-electron chi connectivity index (χ4n) is 1.55. The van der Waals surface area contributed by atoms with Crippen LogP contribution < -0.4 is 0 Å². The summed E-state index contributed by atoms with van der Waals surface area (Å²) >= 11 is 0. The van der Waals surface area contributed by atoms with Crippen molar-refractivity contribution in [3.8, 4) is 0 Å². The average Bonchev–Trinajstić information content (AvgIpc) is 2.23. The van der Waals surface area contributed by atoms with Crippen molar-refractivity contribution in [1.82, 2.24) is 0 Å². The molecule has 0 spiro atoms. The molecule has 15 heavy (non-hydrogen) atoms. The Labute approximate surface area is 91.0 Å². The van der Waals surface area contributed by atoms with Gasteiger partial charge in [0.2, 0.25) is 0 Å². The van der Waals surface area contributed by atoms with Gasteiger partial charge in [-0.1, -0.05) is 24.6 Å². The quantitative estimate of drug-likeness (QED) is 0.694. The Balaban J connectivity index is 3.24. The molecular weight excluding hydrogens is 186 g/mol. The standard InChI is InChI=1S/C13H17NO/c1-5-12(15)13(14-4)11-8-9(2)6-7-10(11)3/h6-8H,5H2,1-4H3. The van der Waals surface area contributed by atoms with Crippen molar-refractivity contribution in [2.24, 2.45) is 4.99 Å². The van der Waals surface area contributed by atoms with Crippen LogP contribution in [0.5, 0.6) is 0 Å². The summed E-state index contributed by atoms with van der Waals surface area (Å²) in [6, 6.07) is 6.09. The van der Waals surface area contributed by atoms with Gasteiger partial charge in [0, 0.05) is 19.0 Å². The molecule has 0 aliphatic carbocycles. The Morgan fingerprint density at radius 2 is 2.00 bits per heavy atom. The highest BCUT2D eigenvalue weighted by Gasteiger charge is 2.13. The van der Waals surface area contributed by atoms with E-state index in [1.807, 2.05) is 39.0 Å². The predicted octanol–water partition coefficient (Wildman–Crippen LogP) is 2.70. The van der Waals surface area contributed by atoms with Crippen LogP contribution in [0.1, 0.15) is 30.0 Å². The summed E-state index contributed by atoms with van der Waals surface area (Å²) in [5.74, 6) is 0.103. The summed E-state index contributed by atoms with van der Waals surface area (Å²) < 4.78 is 0. The number of benzene rings is 1. The summed E-state index contributed by atoms with van der Waals surface area (Å²) in [7, 11) is 1.67. The predicted molar refractivity (Wildman–Crippen MR) is 63.7 cm³/mol. The van der Waals surface area contributed by atoms with E-state index in [0.29, 0.717) is 12.1 Å². The number of rotatable bonds is 3. The SMILES string of the molecule is CCC(=O)C(=NC)c1cc(C)ccc1C. The third-order valence-electron chi connectivity index (χ3n) is 2.46. The Morgan fingerprint density at radius 1 is 1.33 bits per heavy atom. The van der Waals surface area contributed by atoms with Crippen LogP contribution in [0, 0.1) is 13.8 Å². The molecule has 0 aliphatic heterocycles. The summed E-state index contributed by atoms with van der Waals surface area (Å²) in [6.45, 7) is 5.88. The molecule has 1 aromatic carbocycles. The topological polar surface area (TPSA) is 29.4 Å². The molecule has 80 valence electrons. The third-order valence-corrected chi connectivity index (χ3v) is 2.46. The minimum Gasteiger partial charge on any atom is -0.292 e. The number of carbonyl (C=O) groups is 1. The van der Waals surface area contributed by atoms with Gasteiger partial charge in [0.1, 0.15) is 5.71 Å². The zero-order valence-corrected chi connectivity index (χ0v) is 9.79. The highest BCUT2D eigenvalue weighted by molar-refractivity contribution is 6.46. The van der Waals surface area contributed by atoms with Gasteiger partial charge in [0.25, 0.3) is 0 Å². The molecule has 2 nitrogen and oxygen atoms in total. The van der Waals surface area contributed by atoms with Crippen LogP contribution in [0.4, 0.5) is 0 Å². The van der Waals surface area contributed by atoms with E-state index in [9.17, 15) is 4.79 Å². The van der Waals surface area contributed by atoms with Crippen LogP contribution >= 0.6 is 0 Å². The Hall–Kier alpha value is -1.44. The highest BCUT2D eigenvalue weighted by atomic mass is 16.1. The first-order valence-corrected chi connectivity index (χ1v) is 5.17. The van der Waals surface area contributed by atoms with Crippen LogP contribution in [0.2, 0.25) is 0 Å². The molecule has 0 N–H and O–H groups in total. The molecule has 0 radical (unpaired) electrons. The molecule has 0 aliphatic rings. The van der Waals surface area contributed by atoms with Crippen molar-refractivity contribution in [2.75, 3.05) is 7.05 Å². The van der Waals surface area contributed by atoms with Crippen LogP contribution in [0.3, 0.4) is 0 Å². The fourth-order valence-corrected chi connectivity index (χ4v) is 1.55. The maximum absolute atomic E-state index is 11.7. The average molecular weight is 203 g/mol. The van der Waals surface area contributed by atoms with Gasteiger partial charge >= 0.3 is 0 Å². The minimum atomic E-state index is 0.103. The number of aliphatic imine (C=N–C) groups is 1. The normalized spacial score (nSPS) is 11.6. The van der Waals surface area contributed by atoms with E-state index in [0.717, 1.165) is 16.7 Å². The van der Waals surface area contributed by atoms with Gasteiger partial charge in [-0.25, -0.2) is 0 Å². The first kappa shape index (κ1) is 11.6. The van der Waals surface area contributed by atoms with Crippen molar-refractivity contribution in [1.29, 1.82) is 0 Å². The molecule has 0 atom stereocenters. The largest absolute Gasteiger partial charge is 0.292 e. The smallest absolute Gasteiger partial charge is 0.181 e. The molecule has 0 fully saturated rings. The zero-order chi connectivity index (χ0) is 11.4. The maximum atomic E-state index is 11.7. The molecule has 0 aromatic heterocycles. The first-order chi connectivity index (χ1) is 7.10. The summed E-state index contributed by atoms with van der Waals surface area (Å²) in [5, 5.41) is 0. The van der Waals surface area contributed by atoms with Gasteiger partial charge in [0.15, 0.2) is 5.78 Å². The van der Waals surface area contributed by atoms with Gasteiger partial charge in [-0.2, -0.15) is 0 Å². The molecule has 0 heterocycles. The van der Waals surface area contributed by atoms with E-state index in [1.54, 1.807) is 7.05 Å². The van der Waals surface area contributed by atoms with E-state index in [4.69, 9.17) is 0 Å². The zero-order valence-electron chi connectivity index (χ0n) is 9.79. The Morgan fingerprint density at radius 3 is 2.53 bits per heavy atom. The molecule has 1 rings (SSSR count). The van der Waals surface area contributed by atoms with Crippen molar-refractivity contribution in [2.45, 2.75) is 27.2 Å². The number of nitrogens with zero attached hydrogens (tertiary/aromatic N) is 1. The monoisotopic (exact) mass is 203 g/mol. The second-order valence-electron chi connectivity index (χ2n) is 3.67. The number of ketones is 1. The van der Waals surface area contributed by atoms with Gasteiger partial charge in [-0.3, -0.25) is 9.79 Å². The number of hydrogen-bond donors (Lipinski definition) is 0. The van der Waals surface area contributed by atoms with Crippen LogP contribution in [0.25, 0.3) is 0 Å². The van der Waals surface area contributed by atoms with E-state index >= 15 is 0 Å². The van der Waals surface area contributed by atoms with Crippen molar-refractivity contribution in [3.05, 3.63) is 34.9 Å². The second-order valence-corrected chi connectivity index (χ2v) is 3.67. The number of Topliss-reactive ketones (excluding diaryl/α,β-unsaturated/α-hetero) is 1. The lowest BCUT2D eigenvalue weighted by Gasteiger charge is -2.08. The lowest BCUT2D eigenvalue weighted by Crippen LogP contribution is -2.15. The molecule has 0 bridgehead atoms. The second kappa shape index (κ2) is 4.87. The third kappa shape index (κ3) is 2.52. The number of carbonyl (C=O) groups excluding carboxylic acids is 1. The molecule has 0 amide bonds. The first-order valence-electron chi connectivity index (χ1n) is 5.17. The van der Waals surface area contributed by atoms with Crippen LogP contribution in [-0.2, 0) is 4.79 Å². The molecule has 0 saturated heterocycles. The number of aryl methyl sites for hydroxylation is 2. The van der Waals surface area contributed by atoms with E-state index < -0.39 is 0 Å². The lowest BCUT2D eigenvalue weighted by atomic mass is 9.98. The van der Waals surface area contributed by atoms with Crippen LogP contribution in [0.15, 0.2) is 23.2 Å². The van der Waals surface area contributed by atoms with Gasteiger partial charge < -0.3 is 0 Å². The summed E-state index contributed by atoms with van der Waals surface area (Å²) in [6.07, 6.45) is 0.500. The molecular formula is C13H17NO. The summed E-state index contributed by atoms with van der Waals surface area (Å²) in [4.78, 5) is 15.8. The maximum Gasteiger partial charge on any atom is 0.181 e. The Kier molecular flexibility index (Phi) is 3.78. The number of hydrogen-bond acceptors (Lipinski definition) is 2. The van der Waals surface area contributed by atoms with Gasteiger partial charge in [-0.15, -0.1) is 0 Å². The van der Waals surface area contributed by atoms with E-state index in [2.05, 4.69) is 4.99 Å². The molecule has 2 heteroatoms. The van der Waals surface area contributed by atoms with Crippen molar-refractivity contribution < 1.29 is 4.79 Å². The van der Waals surface area contributed by atoms with E-state index in [-0.39, 0.29) is 5.78 Å².